The second-order valence-corrected chi connectivity index (χ2v) is 7.01. The van der Waals surface area contributed by atoms with Crippen LogP contribution in [-0.4, -0.2) is 19.9 Å². The minimum atomic E-state index is 0.652. The summed E-state index contributed by atoms with van der Waals surface area (Å²) >= 11 is 1.58. The van der Waals surface area contributed by atoms with Crippen LogP contribution in [0.2, 0.25) is 0 Å². The lowest BCUT2D eigenvalue weighted by molar-refractivity contribution is 0.391. The van der Waals surface area contributed by atoms with Crippen molar-refractivity contribution in [3.05, 3.63) is 77.7 Å². The lowest BCUT2D eigenvalue weighted by Gasteiger charge is -2.10. The monoisotopic (exact) mass is 362 g/mol. The quantitative estimate of drug-likeness (QED) is 0.476. The van der Waals surface area contributed by atoms with E-state index in [-0.39, 0.29) is 0 Å². The average molecular weight is 362 g/mol. The lowest BCUT2D eigenvalue weighted by Crippen LogP contribution is -1.99. The fourth-order valence-corrected chi connectivity index (χ4v) is 3.51. The molecule has 0 bridgehead atoms. The van der Waals surface area contributed by atoms with Crippen molar-refractivity contribution in [3.63, 3.8) is 0 Å². The van der Waals surface area contributed by atoms with Gasteiger partial charge in [0.2, 0.25) is 0 Å². The Morgan fingerprint density at radius 2 is 1.73 bits per heavy atom. The molecule has 2 aromatic heterocycles. The SMILES string of the molecule is Cc1ccc(-n2c(SCc3cc(C)no3)nnc2-c2ccccc2)cc1. The Kier molecular flexibility index (Phi) is 4.58. The summed E-state index contributed by atoms with van der Waals surface area (Å²) in [5.41, 5.74) is 4.17. The van der Waals surface area contributed by atoms with E-state index >= 15 is 0 Å². The molecule has 0 fully saturated rings. The third-order valence-electron chi connectivity index (χ3n) is 3.98. The number of hydrogen-bond donors (Lipinski definition) is 0. The van der Waals surface area contributed by atoms with Crippen LogP contribution in [0.1, 0.15) is 17.0 Å². The first-order valence-corrected chi connectivity index (χ1v) is 9.32. The Balaban J connectivity index is 1.73. The molecule has 4 aromatic rings. The van der Waals surface area contributed by atoms with Gasteiger partial charge in [-0.25, -0.2) is 0 Å². The van der Waals surface area contributed by atoms with E-state index in [0.717, 1.165) is 33.7 Å². The summed E-state index contributed by atoms with van der Waals surface area (Å²) in [6.45, 7) is 4.00. The second kappa shape index (κ2) is 7.17. The van der Waals surface area contributed by atoms with Crippen LogP contribution in [-0.2, 0) is 5.75 Å². The van der Waals surface area contributed by atoms with Crippen molar-refractivity contribution < 1.29 is 4.52 Å². The Morgan fingerprint density at radius 3 is 2.42 bits per heavy atom. The van der Waals surface area contributed by atoms with E-state index in [1.807, 2.05) is 43.3 Å². The molecular formula is C20H18N4OS. The first-order chi connectivity index (χ1) is 12.7. The third kappa shape index (κ3) is 3.41. The van der Waals surface area contributed by atoms with Crippen LogP contribution in [0.25, 0.3) is 17.1 Å². The highest BCUT2D eigenvalue weighted by Crippen LogP contribution is 2.29. The van der Waals surface area contributed by atoms with E-state index < -0.39 is 0 Å². The highest BCUT2D eigenvalue weighted by molar-refractivity contribution is 7.98. The normalized spacial score (nSPS) is 11.0. The number of thioether (sulfide) groups is 1. The molecule has 4 rings (SSSR count). The summed E-state index contributed by atoms with van der Waals surface area (Å²) in [5.74, 6) is 2.30. The van der Waals surface area contributed by atoms with Gasteiger partial charge in [0.15, 0.2) is 11.0 Å². The molecule has 0 spiro atoms. The number of aryl methyl sites for hydroxylation is 2. The fourth-order valence-electron chi connectivity index (χ4n) is 2.68. The van der Waals surface area contributed by atoms with Crippen molar-refractivity contribution in [1.29, 1.82) is 0 Å². The zero-order valence-corrected chi connectivity index (χ0v) is 15.4. The molecule has 0 aliphatic heterocycles. The first kappa shape index (κ1) is 16.6. The summed E-state index contributed by atoms with van der Waals surface area (Å²) in [7, 11) is 0. The van der Waals surface area contributed by atoms with Gasteiger partial charge in [-0.15, -0.1) is 10.2 Å². The topological polar surface area (TPSA) is 56.7 Å². The number of benzene rings is 2. The largest absolute Gasteiger partial charge is 0.360 e. The van der Waals surface area contributed by atoms with Gasteiger partial charge in [-0.2, -0.15) is 0 Å². The van der Waals surface area contributed by atoms with Crippen molar-refractivity contribution in [1.82, 2.24) is 19.9 Å². The summed E-state index contributed by atoms with van der Waals surface area (Å²) in [6.07, 6.45) is 0. The van der Waals surface area contributed by atoms with Gasteiger partial charge >= 0.3 is 0 Å². The van der Waals surface area contributed by atoms with Gasteiger partial charge in [0, 0.05) is 17.3 Å². The van der Waals surface area contributed by atoms with Gasteiger partial charge < -0.3 is 4.52 Å². The summed E-state index contributed by atoms with van der Waals surface area (Å²) < 4.78 is 7.40. The minimum Gasteiger partial charge on any atom is -0.360 e. The van der Waals surface area contributed by atoms with Gasteiger partial charge in [0.05, 0.1) is 11.4 Å². The van der Waals surface area contributed by atoms with E-state index in [4.69, 9.17) is 4.52 Å². The van der Waals surface area contributed by atoms with E-state index in [1.54, 1.807) is 11.8 Å². The highest BCUT2D eigenvalue weighted by atomic mass is 32.2. The van der Waals surface area contributed by atoms with Gasteiger partial charge in [0.25, 0.3) is 0 Å². The molecule has 0 radical (unpaired) electrons. The number of nitrogens with zero attached hydrogens (tertiary/aromatic N) is 4. The smallest absolute Gasteiger partial charge is 0.196 e. The van der Waals surface area contributed by atoms with Crippen LogP contribution in [0.3, 0.4) is 0 Å². The Hall–Kier alpha value is -2.86. The van der Waals surface area contributed by atoms with Crippen LogP contribution in [0.15, 0.2) is 70.3 Å². The molecule has 0 aliphatic carbocycles. The van der Waals surface area contributed by atoms with Crippen molar-refractivity contribution in [2.45, 2.75) is 24.8 Å². The molecular weight excluding hydrogens is 344 g/mol. The lowest BCUT2D eigenvalue weighted by atomic mass is 10.2. The molecule has 0 aliphatic rings. The third-order valence-corrected chi connectivity index (χ3v) is 4.93. The molecule has 2 aromatic carbocycles. The summed E-state index contributed by atoms with van der Waals surface area (Å²) in [5, 5.41) is 13.6. The molecule has 0 N–H and O–H groups in total. The molecule has 0 saturated heterocycles. The minimum absolute atomic E-state index is 0.652. The predicted octanol–water partition coefficient (Wildman–Crippen LogP) is 4.83. The van der Waals surface area contributed by atoms with Crippen LogP contribution in [0.4, 0.5) is 0 Å². The van der Waals surface area contributed by atoms with Crippen LogP contribution < -0.4 is 0 Å². The molecule has 0 amide bonds. The molecule has 0 atom stereocenters. The molecule has 2 heterocycles. The van der Waals surface area contributed by atoms with Crippen LogP contribution in [0.5, 0.6) is 0 Å². The summed E-state index contributed by atoms with van der Waals surface area (Å²) in [4.78, 5) is 0. The van der Waals surface area contributed by atoms with Gasteiger partial charge in [-0.05, 0) is 26.0 Å². The fraction of sp³-hybridized carbons (Fsp3) is 0.150. The average Bonchev–Trinajstić information content (AvgIpc) is 3.27. The summed E-state index contributed by atoms with van der Waals surface area (Å²) in [6, 6.07) is 20.4. The Bertz CT molecular complexity index is 1010. The zero-order chi connectivity index (χ0) is 17.9. The zero-order valence-electron chi connectivity index (χ0n) is 14.6. The maximum absolute atomic E-state index is 5.31. The van der Waals surface area contributed by atoms with Crippen LogP contribution in [0, 0.1) is 13.8 Å². The standard InChI is InChI=1S/C20H18N4OS/c1-14-8-10-17(11-9-14)24-19(16-6-4-3-5-7-16)21-22-20(24)26-13-18-12-15(2)23-25-18/h3-12H,13H2,1-2H3. The van der Waals surface area contributed by atoms with E-state index in [2.05, 4.69) is 51.1 Å². The van der Waals surface area contributed by atoms with E-state index in [0.29, 0.717) is 5.75 Å². The predicted molar refractivity (Wildman–Crippen MR) is 102 cm³/mol. The van der Waals surface area contributed by atoms with Crippen LogP contribution >= 0.6 is 11.8 Å². The molecule has 6 heteroatoms. The second-order valence-electron chi connectivity index (χ2n) is 6.07. The maximum Gasteiger partial charge on any atom is 0.196 e. The Morgan fingerprint density at radius 1 is 0.962 bits per heavy atom. The van der Waals surface area contributed by atoms with Crippen molar-refractivity contribution in [3.8, 4) is 17.1 Å². The van der Waals surface area contributed by atoms with Crippen molar-refractivity contribution in [2.75, 3.05) is 0 Å². The van der Waals surface area contributed by atoms with E-state index in [9.17, 15) is 0 Å². The molecule has 130 valence electrons. The van der Waals surface area contributed by atoms with Crippen molar-refractivity contribution in [2.24, 2.45) is 0 Å². The van der Waals surface area contributed by atoms with Gasteiger partial charge in [0.1, 0.15) is 5.76 Å². The number of rotatable bonds is 5. The maximum atomic E-state index is 5.31. The van der Waals surface area contributed by atoms with Gasteiger partial charge in [-0.1, -0.05) is 64.9 Å². The molecule has 5 nitrogen and oxygen atoms in total. The van der Waals surface area contributed by atoms with Gasteiger partial charge in [-0.3, -0.25) is 4.57 Å². The number of aromatic nitrogens is 4. The first-order valence-electron chi connectivity index (χ1n) is 8.33. The Labute approximate surface area is 156 Å². The van der Waals surface area contributed by atoms with E-state index in [1.165, 1.54) is 5.56 Å². The molecule has 26 heavy (non-hydrogen) atoms. The number of hydrogen-bond acceptors (Lipinski definition) is 5. The molecule has 0 saturated carbocycles. The highest BCUT2D eigenvalue weighted by Gasteiger charge is 2.16. The molecule has 0 unspecified atom stereocenters. The van der Waals surface area contributed by atoms with Crippen molar-refractivity contribution >= 4 is 11.8 Å².